The van der Waals surface area contributed by atoms with E-state index in [2.05, 4.69) is 37.4 Å². The number of hydrogen-bond acceptors (Lipinski definition) is 8. The number of pyridine rings is 1. The van der Waals surface area contributed by atoms with Crippen molar-refractivity contribution in [1.82, 2.24) is 25.0 Å². The number of aromatic nitrogens is 3. The average Bonchev–Trinajstić information content (AvgIpc) is 3.39. The van der Waals surface area contributed by atoms with Gasteiger partial charge >= 0.3 is 5.97 Å². The van der Waals surface area contributed by atoms with Gasteiger partial charge in [-0.1, -0.05) is 0 Å². The molecule has 3 aromatic rings. The number of fused-ring (bicyclic) bond motifs is 1. The first kappa shape index (κ1) is 23.7. The van der Waals surface area contributed by atoms with Crippen LogP contribution in [-0.2, 0) is 4.74 Å². The summed E-state index contributed by atoms with van der Waals surface area (Å²) in [6.45, 7) is 1.82. The smallest absolute Gasteiger partial charge is 0.358 e. The monoisotopic (exact) mass is 490 g/mol. The van der Waals surface area contributed by atoms with E-state index in [0.717, 1.165) is 31.1 Å². The molecule has 0 saturated carbocycles. The molecule has 1 saturated heterocycles. The lowest BCUT2D eigenvalue weighted by molar-refractivity contribution is 0.0593. The molecule has 1 aromatic carbocycles. The molecule has 1 fully saturated rings. The number of esters is 1. The minimum absolute atomic E-state index is 0.00235. The number of anilines is 1. The zero-order chi connectivity index (χ0) is 25.2. The summed E-state index contributed by atoms with van der Waals surface area (Å²) >= 11 is 0. The Bertz CT molecular complexity index is 1430. The minimum atomic E-state index is -0.562. The Morgan fingerprint density at radius 3 is 2.69 bits per heavy atom. The van der Waals surface area contributed by atoms with E-state index in [9.17, 15) is 14.0 Å². The molecule has 0 spiro atoms. The van der Waals surface area contributed by atoms with Crippen LogP contribution in [0.1, 0.15) is 33.8 Å². The number of rotatable bonds is 6. The molecule has 1 unspecified atom stereocenters. The van der Waals surface area contributed by atoms with Crippen molar-refractivity contribution in [1.29, 1.82) is 0 Å². The van der Waals surface area contributed by atoms with Crippen molar-refractivity contribution >= 4 is 29.7 Å². The van der Waals surface area contributed by atoms with Gasteiger partial charge in [0, 0.05) is 29.6 Å². The summed E-state index contributed by atoms with van der Waals surface area (Å²) in [5, 5.41) is 11.9. The van der Waals surface area contributed by atoms with Crippen LogP contribution in [0, 0.1) is 11.7 Å². The molecule has 5 rings (SSSR count). The maximum Gasteiger partial charge on any atom is 0.358 e. The molecule has 4 heterocycles. The SMILES string of the molecule is COC(=O)c1ccn(-c2ccc(NC3C=c4nc(C(=O)C5CCN(C)CC5)ccc4=CN3)c(F)c2)n1. The Morgan fingerprint density at radius 2 is 1.94 bits per heavy atom. The minimum Gasteiger partial charge on any atom is -0.464 e. The summed E-state index contributed by atoms with van der Waals surface area (Å²) in [4.78, 5) is 31.5. The number of halogens is 1. The van der Waals surface area contributed by atoms with Crippen LogP contribution in [-0.4, -0.2) is 64.8 Å². The van der Waals surface area contributed by atoms with Gasteiger partial charge in [-0.05, 0) is 69.4 Å². The van der Waals surface area contributed by atoms with Gasteiger partial charge < -0.3 is 20.3 Å². The van der Waals surface area contributed by atoms with Gasteiger partial charge in [-0.25, -0.2) is 18.9 Å². The lowest BCUT2D eigenvalue weighted by Crippen LogP contribution is -2.44. The quantitative estimate of drug-likeness (QED) is 0.394. The number of piperidine rings is 1. The van der Waals surface area contributed by atoms with Gasteiger partial charge in [-0.15, -0.1) is 0 Å². The Hall–Kier alpha value is -4.05. The highest BCUT2D eigenvalue weighted by Crippen LogP contribution is 2.21. The fourth-order valence-corrected chi connectivity index (χ4v) is 4.44. The van der Waals surface area contributed by atoms with Crippen LogP contribution >= 0.6 is 0 Å². The van der Waals surface area contributed by atoms with Crippen molar-refractivity contribution in [2.45, 2.75) is 19.0 Å². The van der Waals surface area contributed by atoms with E-state index in [1.54, 1.807) is 30.6 Å². The first-order chi connectivity index (χ1) is 17.4. The van der Waals surface area contributed by atoms with Crippen molar-refractivity contribution < 1.29 is 18.7 Å². The van der Waals surface area contributed by atoms with Crippen molar-refractivity contribution in [2.75, 3.05) is 32.6 Å². The Kier molecular flexibility index (Phi) is 6.51. The van der Waals surface area contributed by atoms with E-state index in [1.807, 2.05) is 12.1 Å². The number of carbonyl (C=O) groups is 2. The summed E-state index contributed by atoms with van der Waals surface area (Å²) in [7, 11) is 3.34. The number of hydrogen-bond donors (Lipinski definition) is 2. The van der Waals surface area contributed by atoms with E-state index < -0.39 is 18.0 Å². The molecule has 10 heteroatoms. The van der Waals surface area contributed by atoms with Gasteiger partial charge in [-0.3, -0.25) is 4.79 Å². The topological polar surface area (TPSA) is 101 Å². The van der Waals surface area contributed by atoms with E-state index >= 15 is 0 Å². The number of carbonyl (C=O) groups excluding carboxylic acids is 2. The van der Waals surface area contributed by atoms with Crippen LogP contribution in [0.15, 0.2) is 42.6 Å². The summed E-state index contributed by atoms with van der Waals surface area (Å²) in [6, 6.07) is 9.78. The molecule has 2 aliphatic heterocycles. The first-order valence-electron chi connectivity index (χ1n) is 11.8. The van der Waals surface area contributed by atoms with Crippen LogP contribution in [0.25, 0.3) is 18.0 Å². The number of benzene rings is 1. The predicted molar refractivity (Wildman–Crippen MR) is 132 cm³/mol. The third-order valence-corrected chi connectivity index (χ3v) is 6.55. The third kappa shape index (κ3) is 4.85. The van der Waals surface area contributed by atoms with Crippen LogP contribution in [0.5, 0.6) is 0 Å². The number of nitrogens with zero attached hydrogens (tertiary/aromatic N) is 4. The lowest BCUT2D eigenvalue weighted by Gasteiger charge is -2.27. The van der Waals surface area contributed by atoms with Gasteiger partial charge in [0.1, 0.15) is 17.7 Å². The highest BCUT2D eigenvalue weighted by Gasteiger charge is 2.25. The largest absolute Gasteiger partial charge is 0.464 e. The molecule has 2 N–H and O–H groups in total. The number of nitrogens with one attached hydrogen (secondary N) is 2. The average molecular weight is 491 g/mol. The summed E-state index contributed by atoms with van der Waals surface area (Å²) < 4.78 is 21.0. The number of methoxy groups -OCH3 is 1. The van der Waals surface area contributed by atoms with Gasteiger partial charge in [-0.2, -0.15) is 5.10 Å². The zero-order valence-corrected chi connectivity index (χ0v) is 20.1. The van der Waals surface area contributed by atoms with Gasteiger partial charge in [0.25, 0.3) is 0 Å². The van der Waals surface area contributed by atoms with Gasteiger partial charge in [0.2, 0.25) is 0 Å². The molecule has 0 aliphatic carbocycles. The number of ketones is 1. The van der Waals surface area contributed by atoms with Crippen molar-refractivity contribution in [3.63, 3.8) is 0 Å². The molecule has 186 valence electrons. The Balaban J connectivity index is 1.32. The van der Waals surface area contributed by atoms with Crippen molar-refractivity contribution in [3.05, 3.63) is 70.4 Å². The maximum absolute atomic E-state index is 14.9. The molecular formula is C26H27FN6O3. The van der Waals surface area contributed by atoms with E-state index in [-0.39, 0.29) is 23.1 Å². The highest BCUT2D eigenvalue weighted by molar-refractivity contribution is 5.96. The molecule has 9 nitrogen and oxygen atoms in total. The third-order valence-electron chi connectivity index (χ3n) is 6.55. The number of likely N-dealkylation sites (tertiary alicyclic amines) is 1. The van der Waals surface area contributed by atoms with Gasteiger partial charge in [0.15, 0.2) is 11.5 Å². The second-order valence-electron chi connectivity index (χ2n) is 9.01. The van der Waals surface area contributed by atoms with Crippen molar-refractivity contribution in [2.24, 2.45) is 5.92 Å². The fourth-order valence-electron chi connectivity index (χ4n) is 4.44. The fraction of sp³-hybridized carbons (Fsp3) is 0.308. The standard InChI is InChI=1S/C26H27FN6O3/c1-32-10-7-16(8-11-32)25(34)21-5-3-17-15-28-24(14-23(17)29-21)30-20-6-4-18(13-19(20)27)33-12-9-22(31-33)26(35)36-2/h3-6,9,12-16,24,28,30H,7-8,10-11H2,1-2H3. The second-order valence-corrected chi connectivity index (χ2v) is 9.01. The molecule has 36 heavy (non-hydrogen) atoms. The lowest BCUT2D eigenvalue weighted by atomic mass is 9.91. The molecule has 2 aliphatic rings. The maximum atomic E-state index is 14.9. The highest BCUT2D eigenvalue weighted by atomic mass is 19.1. The number of Topliss-reactive ketones (excluding diaryl/α,β-unsaturated/α-hetero) is 1. The predicted octanol–water partition coefficient (Wildman–Crippen LogP) is 1.28. The Morgan fingerprint density at radius 1 is 1.14 bits per heavy atom. The van der Waals surface area contributed by atoms with E-state index in [4.69, 9.17) is 0 Å². The van der Waals surface area contributed by atoms with Crippen molar-refractivity contribution in [3.8, 4) is 5.69 Å². The van der Waals surface area contributed by atoms with Crippen LogP contribution in [0.4, 0.5) is 10.1 Å². The summed E-state index contributed by atoms with van der Waals surface area (Å²) in [5.74, 6) is -0.967. The molecule has 1 atom stereocenters. The van der Waals surface area contributed by atoms with Crippen LogP contribution in [0.3, 0.4) is 0 Å². The van der Waals surface area contributed by atoms with Crippen LogP contribution < -0.4 is 21.2 Å². The van der Waals surface area contributed by atoms with Gasteiger partial charge in [0.05, 0.1) is 23.8 Å². The van der Waals surface area contributed by atoms with E-state index in [0.29, 0.717) is 16.7 Å². The molecule has 0 radical (unpaired) electrons. The Labute approximate surface area is 207 Å². The molecule has 0 amide bonds. The molecule has 2 aromatic heterocycles. The molecular weight excluding hydrogens is 463 g/mol. The van der Waals surface area contributed by atoms with Crippen LogP contribution in [0.2, 0.25) is 0 Å². The second kappa shape index (κ2) is 9.90. The summed E-state index contributed by atoms with van der Waals surface area (Å²) in [6.07, 6.45) is 6.46. The van der Waals surface area contributed by atoms with E-state index in [1.165, 1.54) is 23.9 Å². The number of ether oxygens (including phenoxy) is 1. The molecule has 0 bridgehead atoms. The zero-order valence-electron chi connectivity index (χ0n) is 20.1. The first-order valence-corrected chi connectivity index (χ1v) is 11.8. The summed E-state index contributed by atoms with van der Waals surface area (Å²) in [5.41, 5.74) is 1.35. The normalized spacial score (nSPS) is 17.8.